The van der Waals surface area contributed by atoms with E-state index in [1.165, 1.54) is 18.2 Å². The molecule has 130 valence electrons. The SMILES string of the molecule is COc1ccc(N2CCN(C(=O)/C=C/c3ccccc3F)CC2)cc1. The lowest BCUT2D eigenvalue weighted by atomic mass is 10.2. The fraction of sp³-hybridized carbons (Fsp3) is 0.250. The van der Waals surface area contributed by atoms with Crippen LogP contribution in [0.25, 0.3) is 6.08 Å². The number of carbonyl (C=O) groups excluding carboxylic acids is 1. The van der Waals surface area contributed by atoms with Gasteiger partial charge in [-0.1, -0.05) is 18.2 Å². The van der Waals surface area contributed by atoms with Crippen LogP contribution >= 0.6 is 0 Å². The summed E-state index contributed by atoms with van der Waals surface area (Å²) in [6, 6.07) is 14.3. The van der Waals surface area contributed by atoms with Crippen LogP contribution in [-0.4, -0.2) is 44.1 Å². The first-order valence-electron chi connectivity index (χ1n) is 8.28. The monoisotopic (exact) mass is 340 g/mol. The van der Waals surface area contributed by atoms with Crippen LogP contribution in [0.5, 0.6) is 5.75 Å². The summed E-state index contributed by atoms with van der Waals surface area (Å²) in [4.78, 5) is 16.3. The standard InChI is InChI=1S/C20H21FN2O2/c1-25-18-9-7-17(8-10-18)22-12-14-23(15-13-22)20(24)11-6-16-4-2-3-5-19(16)21/h2-11H,12-15H2,1H3/b11-6+. The van der Waals surface area contributed by atoms with Crippen LogP contribution < -0.4 is 9.64 Å². The smallest absolute Gasteiger partial charge is 0.246 e. The molecular weight excluding hydrogens is 319 g/mol. The lowest BCUT2D eigenvalue weighted by molar-refractivity contribution is -0.126. The number of halogens is 1. The maximum atomic E-state index is 13.6. The Balaban J connectivity index is 1.56. The summed E-state index contributed by atoms with van der Waals surface area (Å²) in [5.74, 6) is 0.421. The fourth-order valence-corrected chi connectivity index (χ4v) is 2.85. The third-order valence-corrected chi connectivity index (χ3v) is 4.34. The van der Waals surface area contributed by atoms with Crippen LogP contribution in [0.1, 0.15) is 5.56 Å². The molecule has 2 aromatic carbocycles. The van der Waals surface area contributed by atoms with Crippen molar-refractivity contribution in [2.45, 2.75) is 0 Å². The number of nitrogens with zero attached hydrogens (tertiary/aromatic N) is 2. The zero-order valence-corrected chi connectivity index (χ0v) is 14.2. The summed E-state index contributed by atoms with van der Waals surface area (Å²) < 4.78 is 18.8. The number of anilines is 1. The van der Waals surface area contributed by atoms with Crippen molar-refractivity contribution in [3.05, 3.63) is 66.0 Å². The second kappa shape index (κ2) is 7.83. The van der Waals surface area contributed by atoms with Gasteiger partial charge in [0.2, 0.25) is 5.91 Å². The average Bonchev–Trinajstić information content (AvgIpc) is 2.67. The maximum Gasteiger partial charge on any atom is 0.246 e. The van der Waals surface area contributed by atoms with Crippen LogP contribution in [-0.2, 0) is 4.79 Å². The summed E-state index contributed by atoms with van der Waals surface area (Å²) in [7, 11) is 1.65. The summed E-state index contributed by atoms with van der Waals surface area (Å²) in [5, 5.41) is 0. The van der Waals surface area contributed by atoms with E-state index in [2.05, 4.69) is 4.90 Å². The van der Waals surface area contributed by atoms with Crippen molar-refractivity contribution in [3.8, 4) is 5.75 Å². The molecule has 0 spiro atoms. The number of hydrogen-bond donors (Lipinski definition) is 0. The summed E-state index contributed by atoms with van der Waals surface area (Å²) in [6.07, 6.45) is 2.98. The van der Waals surface area contributed by atoms with Crippen LogP contribution in [0.4, 0.5) is 10.1 Å². The minimum atomic E-state index is -0.323. The Hall–Kier alpha value is -2.82. The van der Waals surface area contributed by atoms with Gasteiger partial charge in [0.05, 0.1) is 7.11 Å². The Labute approximate surface area is 147 Å². The molecule has 5 heteroatoms. The van der Waals surface area contributed by atoms with E-state index in [1.54, 1.807) is 30.2 Å². The molecule has 3 rings (SSSR count). The van der Waals surface area contributed by atoms with Crippen molar-refractivity contribution in [3.63, 3.8) is 0 Å². The van der Waals surface area contributed by atoms with Crippen LogP contribution in [0.2, 0.25) is 0 Å². The molecule has 0 radical (unpaired) electrons. The first-order valence-corrected chi connectivity index (χ1v) is 8.28. The third kappa shape index (κ3) is 4.18. The Morgan fingerprint density at radius 2 is 1.72 bits per heavy atom. The molecule has 1 amide bonds. The van der Waals surface area contributed by atoms with Gasteiger partial charge >= 0.3 is 0 Å². The lowest BCUT2D eigenvalue weighted by Gasteiger charge is -2.35. The molecule has 1 fully saturated rings. The number of piperazine rings is 1. The Bertz CT molecular complexity index is 751. The second-order valence-electron chi connectivity index (χ2n) is 5.87. The van der Waals surface area contributed by atoms with Gasteiger partial charge < -0.3 is 14.5 Å². The zero-order chi connectivity index (χ0) is 17.6. The number of amides is 1. The van der Waals surface area contributed by atoms with Crippen LogP contribution in [0.15, 0.2) is 54.6 Å². The fourth-order valence-electron chi connectivity index (χ4n) is 2.85. The molecule has 25 heavy (non-hydrogen) atoms. The Morgan fingerprint density at radius 3 is 2.36 bits per heavy atom. The van der Waals surface area contributed by atoms with Gasteiger partial charge in [-0.15, -0.1) is 0 Å². The highest BCUT2D eigenvalue weighted by atomic mass is 19.1. The van der Waals surface area contributed by atoms with Crippen molar-refractivity contribution in [2.24, 2.45) is 0 Å². The normalized spacial score (nSPS) is 14.8. The molecule has 0 bridgehead atoms. The number of rotatable bonds is 4. The Morgan fingerprint density at radius 1 is 1.04 bits per heavy atom. The molecule has 1 aliphatic rings. The van der Waals surface area contributed by atoms with E-state index in [4.69, 9.17) is 4.74 Å². The summed E-state index contributed by atoms with van der Waals surface area (Å²) in [5.41, 5.74) is 1.54. The molecule has 0 saturated carbocycles. The van der Waals surface area contributed by atoms with Gasteiger partial charge in [-0.05, 0) is 36.4 Å². The molecule has 0 aromatic heterocycles. The minimum absolute atomic E-state index is 0.0855. The number of benzene rings is 2. The highest BCUT2D eigenvalue weighted by Gasteiger charge is 2.19. The van der Waals surface area contributed by atoms with E-state index in [-0.39, 0.29) is 11.7 Å². The van der Waals surface area contributed by atoms with Crippen molar-refractivity contribution in [1.29, 1.82) is 0 Å². The van der Waals surface area contributed by atoms with E-state index in [0.717, 1.165) is 24.5 Å². The molecular formula is C20H21FN2O2. The van der Waals surface area contributed by atoms with Gasteiger partial charge in [0.25, 0.3) is 0 Å². The number of hydrogen-bond acceptors (Lipinski definition) is 3. The largest absolute Gasteiger partial charge is 0.497 e. The maximum absolute atomic E-state index is 13.6. The Kier molecular flexibility index (Phi) is 5.33. The van der Waals surface area contributed by atoms with Gasteiger partial charge in [0.1, 0.15) is 11.6 Å². The molecule has 0 atom stereocenters. The van der Waals surface area contributed by atoms with Gasteiger partial charge in [0, 0.05) is 43.5 Å². The predicted molar refractivity (Wildman–Crippen MR) is 97.2 cm³/mol. The molecule has 1 heterocycles. The summed E-state index contributed by atoms with van der Waals surface area (Å²) in [6.45, 7) is 2.83. The number of ether oxygens (including phenoxy) is 1. The number of carbonyl (C=O) groups is 1. The highest BCUT2D eigenvalue weighted by molar-refractivity contribution is 5.92. The van der Waals surface area contributed by atoms with Crippen LogP contribution in [0.3, 0.4) is 0 Å². The first-order chi connectivity index (χ1) is 12.2. The van der Waals surface area contributed by atoms with E-state index in [0.29, 0.717) is 18.7 Å². The van der Waals surface area contributed by atoms with Gasteiger partial charge in [-0.25, -0.2) is 4.39 Å². The van der Waals surface area contributed by atoms with E-state index < -0.39 is 0 Å². The highest BCUT2D eigenvalue weighted by Crippen LogP contribution is 2.20. The van der Waals surface area contributed by atoms with Crippen molar-refractivity contribution in [2.75, 3.05) is 38.2 Å². The quantitative estimate of drug-likeness (QED) is 0.802. The molecule has 0 aliphatic carbocycles. The van der Waals surface area contributed by atoms with Crippen LogP contribution in [0, 0.1) is 5.82 Å². The topological polar surface area (TPSA) is 32.8 Å². The predicted octanol–water partition coefficient (Wildman–Crippen LogP) is 3.20. The van der Waals surface area contributed by atoms with E-state index in [9.17, 15) is 9.18 Å². The molecule has 1 aliphatic heterocycles. The van der Waals surface area contributed by atoms with Gasteiger partial charge in [-0.2, -0.15) is 0 Å². The molecule has 1 saturated heterocycles. The molecule has 0 N–H and O–H groups in total. The van der Waals surface area contributed by atoms with E-state index >= 15 is 0 Å². The molecule has 2 aromatic rings. The zero-order valence-electron chi connectivity index (χ0n) is 14.2. The van der Waals surface area contributed by atoms with Crippen molar-refractivity contribution >= 4 is 17.7 Å². The van der Waals surface area contributed by atoms with Gasteiger partial charge in [0.15, 0.2) is 0 Å². The second-order valence-corrected chi connectivity index (χ2v) is 5.87. The van der Waals surface area contributed by atoms with E-state index in [1.807, 2.05) is 24.3 Å². The number of methoxy groups -OCH3 is 1. The van der Waals surface area contributed by atoms with Crippen molar-refractivity contribution in [1.82, 2.24) is 4.90 Å². The summed E-state index contributed by atoms with van der Waals surface area (Å²) >= 11 is 0. The average molecular weight is 340 g/mol. The molecule has 4 nitrogen and oxygen atoms in total. The lowest BCUT2D eigenvalue weighted by Crippen LogP contribution is -2.48. The molecule has 0 unspecified atom stereocenters. The first kappa shape index (κ1) is 17.0. The van der Waals surface area contributed by atoms with Gasteiger partial charge in [-0.3, -0.25) is 4.79 Å². The van der Waals surface area contributed by atoms with Crippen molar-refractivity contribution < 1.29 is 13.9 Å². The minimum Gasteiger partial charge on any atom is -0.497 e. The third-order valence-electron chi connectivity index (χ3n) is 4.34.